The number of carbonyl (C=O) groups excluding carboxylic acids is 1. The third kappa shape index (κ3) is 2.17. The maximum atomic E-state index is 12.6. The molecule has 0 radical (unpaired) electrons. The molecule has 1 amide bonds. The average molecular weight is 282 g/mol. The number of anilines is 1. The van der Waals surface area contributed by atoms with E-state index < -0.39 is 6.23 Å². The van der Waals surface area contributed by atoms with Gasteiger partial charge in [0.05, 0.1) is 11.3 Å². The number of rotatable bonds is 2. The van der Waals surface area contributed by atoms with Crippen molar-refractivity contribution in [1.29, 1.82) is 0 Å². The molecule has 0 spiro atoms. The van der Waals surface area contributed by atoms with Crippen LogP contribution in [0, 0.1) is 13.8 Å². The van der Waals surface area contributed by atoms with Crippen molar-refractivity contribution in [3.8, 4) is 0 Å². The van der Waals surface area contributed by atoms with Gasteiger partial charge in [0.2, 0.25) is 0 Å². The van der Waals surface area contributed by atoms with E-state index in [-0.39, 0.29) is 5.91 Å². The molecule has 0 aliphatic carbocycles. The van der Waals surface area contributed by atoms with Crippen LogP contribution in [0.3, 0.4) is 0 Å². The highest BCUT2D eigenvalue weighted by atomic mass is 16.3. The predicted molar refractivity (Wildman–Crippen MR) is 83.7 cm³/mol. The molecular weight excluding hydrogens is 264 g/mol. The van der Waals surface area contributed by atoms with E-state index in [0.717, 1.165) is 28.2 Å². The van der Waals surface area contributed by atoms with Crippen LogP contribution in [-0.2, 0) is 4.79 Å². The first-order valence-corrected chi connectivity index (χ1v) is 6.98. The number of nitrogens with zero attached hydrogens (tertiary/aromatic N) is 1. The van der Waals surface area contributed by atoms with E-state index in [1.165, 1.54) is 4.90 Å². The van der Waals surface area contributed by atoms with Crippen molar-refractivity contribution in [2.45, 2.75) is 27.0 Å². The Labute approximate surface area is 123 Å². The summed E-state index contributed by atoms with van der Waals surface area (Å²) in [7, 11) is 0. The zero-order chi connectivity index (χ0) is 15.1. The first kappa shape index (κ1) is 13.6. The topological polar surface area (TPSA) is 56.3 Å². The number of aromatic amines is 1. The number of aliphatic hydroxyl groups excluding tert-OH is 1. The number of aliphatic hydroxyl groups is 1. The minimum absolute atomic E-state index is 0.169. The standard InChI is InChI=1S/C17H18N2O2/c1-10-8-11(2)18-15(10)9-14-13-6-4-5-7-16(13)19(12(3)20)17(14)21/h4-9,12,18,20H,1-3H3. The molecule has 1 aromatic heterocycles. The van der Waals surface area contributed by atoms with Gasteiger partial charge in [-0.05, 0) is 44.5 Å². The second-order valence-electron chi connectivity index (χ2n) is 5.43. The monoisotopic (exact) mass is 282 g/mol. The minimum Gasteiger partial charge on any atom is -0.373 e. The van der Waals surface area contributed by atoms with Gasteiger partial charge >= 0.3 is 0 Å². The maximum absolute atomic E-state index is 12.6. The van der Waals surface area contributed by atoms with E-state index in [1.807, 2.05) is 50.3 Å². The smallest absolute Gasteiger partial charge is 0.261 e. The summed E-state index contributed by atoms with van der Waals surface area (Å²) < 4.78 is 0. The Hall–Kier alpha value is -2.33. The van der Waals surface area contributed by atoms with Gasteiger partial charge in [-0.1, -0.05) is 18.2 Å². The number of fused-ring (bicyclic) bond motifs is 1. The molecule has 0 bridgehead atoms. The first-order valence-electron chi connectivity index (χ1n) is 6.98. The van der Waals surface area contributed by atoms with Crippen molar-refractivity contribution in [3.05, 3.63) is 52.8 Å². The Morgan fingerprint density at radius 3 is 2.62 bits per heavy atom. The minimum atomic E-state index is -0.851. The molecule has 1 unspecified atom stereocenters. The highest BCUT2D eigenvalue weighted by Gasteiger charge is 2.34. The van der Waals surface area contributed by atoms with Crippen molar-refractivity contribution in [2.24, 2.45) is 0 Å². The molecule has 0 saturated carbocycles. The lowest BCUT2D eigenvalue weighted by Crippen LogP contribution is -2.35. The fraction of sp³-hybridized carbons (Fsp3) is 0.235. The third-order valence-electron chi connectivity index (χ3n) is 3.75. The van der Waals surface area contributed by atoms with E-state index in [0.29, 0.717) is 5.57 Å². The van der Waals surface area contributed by atoms with Gasteiger partial charge in [0.15, 0.2) is 0 Å². The first-order chi connectivity index (χ1) is 9.99. The van der Waals surface area contributed by atoms with Crippen molar-refractivity contribution in [1.82, 2.24) is 4.98 Å². The molecule has 1 aliphatic rings. The number of aromatic nitrogens is 1. The second kappa shape index (κ2) is 4.90. The van der Waals surface area contributed by atoms with Gasteiger partial charge in [-0.3, -0.25) is 9.69 Å². The molecule has 1 aliphatic heterocycles. The lowest BCUT2D eigenvalue weighted by atomic mass is 10.1. The summed E-state index contributed by atoms with van der Waals surface area (Å²) in [5.74, 6) is -0.169. The number of benzene rings is 1. The summed E-state index contributed by atoms with van der Waals surface area (Å²) in [5.41, 5.74) is 5.31. The molecule has 108 valence electrons. The van der Waals surface area contributed by atoms with Crippen LogP contribution in [-0.4, -0.2) is 22.2 Å². The Morgan fingerprint density at radius 2 is 2.00 bits per heavy atom. The zero-order valence-electron chi connectivity index (χ0n) is 12.3. The number of para-hydroxylation sites is 1. The Balaban J connectivity index is 2.15. The highest BCUT2D eigenvalue weighted by molar-refractivity contribution is 6.35. The molecule has 1 atom stereocenters. The van der Waals surface area contributed by atoms with E-state index in [4.69, 9.17) is 0 Å². The van der Waals surface area contributed by atoms with Crippen LogP contribution in [0.25, 0.3) is 11.6 Å². The number of H-pyrrole nitrogens is 1. The lowest BCUT2D eigenvalue weighted by molar-refractivity contribution is -0.114. The van der Waals surface area contributed by atoms with Gasteiger partial charge < -0.3 is 10.1 Å². The van der Waals surface area contributed by atoms with Gasteiger partial charge in [-0.15, -0.1) is 0 Å². The van der Waals surface area contributed by atoms with Crippen LogP contribution in [0.2, 0.25) is 0 Å². The maximum Gasteiger partial charge on any atom is 0.261 e. The quantitative estimate of drug-likeness (QED) is 0.832. The van der Waals surface area contributed by atoms with Crippen molar-refractivity contribution in [2.75, 3.05) is 4.90 Å². The Morgan fingerprint density at radius 1 is 1.29 bits per heavy atom. The van der Waals surface area contributed by atoms with E-state index >= 15 is 0 Å². The molecule has 0 saturated heterocycles. The fourth-order valence-electron chi connectivity index (χ4n) is 2.82. The van der Waals surface area contributed by atoms with Crippen molar-refractivity contribution in [3.63, 3.8) is 0 Å². The number of hydrogen-bond acceptors (Lipinski definition) is 2. The second-order valence-corrected chi connectivity index (χ2v) is 5.43. The van der Waals surface area contributed by atoms with Gasteiger partial charge in [0, 0.05) is 17.0 Å². The summed E-state index contributed by atoms with van der Waals surface area (Å²) in [4.78, 5) is 17.3. The molecule has 21 heavy (non-hydrogen) atoms. The Bertz CT molecular complexity index is 741. The molecular formula is C17H18N2O2. The average Bonchev–Trinajstić information content (AvgIpc) is 2.88. The molecule has 2 heterocycles. The summed E-state index contributed by atoms with van der Waals surface area (Å²) >= 11 is 0. The molecule has 2 N–H and O–H groups in total. The zero-order valence-corrected chi connectivity index (χ0v) is 12.3. The molecule has 4 nitrogen and oxygen atoms in total. The third-order valence-corrected chi connectivity index (χ3v) is 3.75. The summed E-state index contributed by atoms with van der Waals surface area (Å²) in [5, 5.41) is 9.88. The van der Waals surface area contributed by atoms with Gasteiger partial charge in [-0.2, -0.15) is 0 Å². The molecule has 2 aromatic rings. The highest BCUT2D eigenvalue weighted by Crippen LogP contribution is 2.38. The van der Waals surface area contributed by atoms with Crippen LogP contribution in [0.4, 0.5) is 5.69 Å². The van der Waals surface area contributed by atoms with E-state index in [2.05, 4.69) is 4.98 Å². The van der Waals surface area contributed by atoms with Gasteiger partial charge in [-0.25, -0.2) is 0 Å². The Kier molecular flexibility index (Phi) is 3.18. The fourth-order valence-corrected chi connectivity index (χ4v) is 2.82. The van der Waals surface area contributed by atoms with E-state index in [9.17, 15) is 9.90 Å². The number of aryl methyl sites for hydroxylation is 2. The number of nitrogens with one attached hydrogen (secondary N) is 1. The normalized spacial score (nSPS) is 17.4. The summed E-state index contributed by atoms with van der Waals surface area (Å²) in [6.07, 6.45) is 1.02. The van der Waals surface area contributed by atoms with Crippen LogP contribution >= 0.6 is 0 Å². The van der Waals surface area contributed by atoms with E-state index in [1.54, 1.807) is 6.92 Å². The van der Waals surface area contributed by atoms with Crippen LogP contribution in [0.15, 0.2) is 30.3 Å². The summed E-state index contributed by atoms with van der Waals surface area (Å²) in [6, 6.07) is 9.58. The van der Waals surface area contributed by atoms with Crippen molar-refractivity contribution >= 4 is 23.2 Å². The summed E-state index contributed by atoms with van der Waals surface area (Å²) in [6.45, 7) is 5.59. The number of amides is 1. The largest absolute Gasteiger partial charge is 0.373 e. The SMILES string of the molecule is Cc1cc(C)c(C=C2C(=O)N(C(C)O)c3ccccc32)[nH]1. The molecule has 4 heteroatoms. The molecule has 3 rings (SSSR count). The number of carbonyl (C=O) groups is 1. The van der Waals surface area contributed by atoms with Crippen LogP contribution in [0.1, 0.15) is 29.4 Å². The van der Waals surface area contributed by atoms with Gasteiger partial charge in [0.1, 0.15) is 6.23 Å². The van der Waals surface area contributed by atoms with Gasteiger partial charge in [0.25, 0.3) is 5.91 Å². The molecule has 0 fully saturated rings. The predicted octanol–water partition coefficient (Wildman–Crippen LogP) is 2.86. The van der Waals surface area contributed by atoms with Crippen LogP contribution in [0.5, 0.6) is 0 Å². The molecule has 1 aromatic carbocycles. The van der Waals surface area contributed by atoms with Crippen LogP contribution < -0.4 is 4.90 Å². The van der Waals surface area contributed by atoms with Crippen molar-refractivity contribution < 1.29 is 9.90 Å². The number of hydrogen-bond donors (Lipinski definition) is 2. The lowest BCUT2D eigenvalue weighted by Gasteiger charge is -2.19.